The molecule has 0 amide bonds. The first-order valence-electron chi connectivity index (χ1n) is 10.5. The molecule has 6 heteroatoms. The lowest BCUT2D eigenvalue weighted by molar-refractivity contribution is -0.677. The molecule has 0 aliphatic heterocycles. The van der Waals surface area contributed by atoms with Crippen LogP contribution in [0.4, 0.5) is 10.2 Å². The van der Waals surface area contributed by atoms with Gasteiger partial charge in [-0.2, -0.15) is 0 Å². The minimum absolute atomic E-state index is 0.286. The molecule has 0 saturated carbocycles. The van der Waals surface area contributed by atoms with Gasteiger partial charge in [0, 0.05) is 49.0 Å². The van der Waals surface area contributed by atoms with E-state index in [2.05, 4.69) is 45.0 Å². The molecule has 0 aliphatic carbocycles. The molecule has 0 radical (unpaired) electrons. The van der Waals surface area contributed by atoms with Crippen molar-refractivity contribution in [3.63, 3.8) is 0 Å². The Morgan fingerprint density at radius 1 is 0.969 bits per heavy atom. The van der Waals surface area contributed by atoms with Crippen LogP contribution < -0.4 is 9.88 Å². The zero-order valence-electron chi connectivity index (χ0n) is 18.4. The number of aryl methyl sites for hydroxylation is 3. The second-order valence-electron chi connectivity index (χ2n) is 7.98. The van der Waals surface area contributed by atoms with E-state index in [0.717, 1.165) is 39.2 Å². The smallest absolute Gasteiger partial charge is 0.178 e. The minimum Gasteiger partial charge on any atom is -0.373 e. The lowest BCUT2D eigenvalue weighted by Crippen LogP contribution is -2.30. The quantitative estimate of drug-likeness (QED) is 0.353. The van der Waals surface area contributed by atoms with Crippen molar-refractivity contribution in [3.8, 4) is 22.4 Å². The topological polar surface area (TPSA) is 61.9 Å². The average Bonchev–Trinajstić information content (AvgIpc) is 2.76. The number of nitrogens with one attached hydrogen (secondary N) is 1. The van der Waals surface area contributed by atoms with Gasteiger partial charge in [-0.3, -0.25) is 4.98 Å². The summed E-state index contributed by atoms with van der Waals surface area (Å²) in [4.78, 5) is 8.98. The average molecular weight is 430 g/mol. The standard InChI is InChI=1S/C26H26FN4O/c1-17-11-19(15-29-26(17)21-9-10-31(3)18(2)12-21)13-25(32)30-24-8-7-22(16-28-24)20-5-4-6-23(27)14-20/h4-12,14-16,25,32H,13H2,1-3H3,(H,28,30)/q+1. The summed E-state index contributed by atoms with van der Waals surface area (Å²) in [5.74, 6) is 0.262. The molecule has 0 aliphatic rings. The Hall–Kier alpha value is -3.64. The van der Waals surface area contributed by atoms with Gasteiger partial charge < -0.3 is 10.4 Å². The molecule has 3 heterocycles. The largest absolute Gasteiger partial charge is 0.373 e. The van der Waals surface area contributed by atoms with Crippen LogP contribution in [0.2, 0.25) is 0 Å². The third-order valence-corrected chi connectivity index (χ3v) is 5.47. The van der Waals surface area contributed by atoms with Crippen molar-refractivity contribution in [3.05, 3.63) is 95.8 Å². The molecular formula is C26H26FN4O+. The van der Waals surface area contributed by atoms with Crippen LogP contribution in [-0.4, -0.2) is 21.3 Å². The zero-order chi connectivity index (χ0) is 22.7. The summed E-state index contributed by atoms with van der Waals surface area (Å²) in [5, 5.41) is 13.5. The van der Waals surface area contributed by atoms with E-state index in [1.54, 1.807) is 24.5 Å². The number of aromatic nitrogens is 3. The number of aliphatic hydroxyl groups is 1. The molecule has 5 nitrogen and oxygen atoms in total. The van der Waals surface area contributed by atoms with E-state index in [-0.39, 0.29) is 5.82 Å². The number of anilines is 1. The summed E-state index contributed by atoms with van der Waals surface area (Å²) in [6.45, 7) is 4.09. The van der Waals surface area contributed by atoms with Crippen LogP contribution in [0.5, 0.6) is 0 Å². The number of halogens is 1. The van der Waals surface area contributed by atoms with Crippen molar-refractivity contribution in [1.82, 2.24) is 9.97 Å². The third-order valence-electron chi connectivity index (χ3n) is 5.47. The van der Waals surface area contributed by atoms with Gasteiger partial charge in [-0.15, -0.1) is 0 Å². The predicted molar refractivity (Wildman–Crippen MR) is 123 cm³/mol. The fraction of sp³-hybridized carbons (Fsp3) is 0.192. The second kappa shape index (κ2) is 9.24. The number of hydrogen-bond donors (Lipinski definition) is 2. The molecule has 0 bridgehead atoms. The second-order valence-corrected chi connectivity index (χ2v) is 7.98. The minimum atomic E-state index is -0.812. The number of rotatable bonds is 6. The highest BCUT2D eigenvalue weighted by atomic mass is 19.1. The molecule has 162 valence electrons. The van der Waals surface area contributed by atoms with Crippen molar-refractivity contribution in [2.45, 2.75) is 26.5 Å². The molecule has 0 spiro atoms. The number of benzene rings is 1. The molecule has 2 N–H and O–H groups in total. The number of aliphatic hydroxyl groups excluding tert-OH is 1. The van der Waals surface area contributed by atoms with Gasteiger partial charge in [0.2, 0.25) is 0 Å². The molecule has 32 heavy (non-hydrogen) atoms. The van der Waals surface area contributed by atoms with Gasteiger partial charge in [0.05, 0.1) is 5.69 Å². The molecule has 4 aromatic rings. The number of hydrogen-bond acceptors (Lipinski definition) is 4. The maximum atomic E-state index is 13.4. The van der Waals surface area contributed by atoms with Gasteiger partial charge in [0.1, 0.15) is 24.9 Å². The lowest BCUT2D eigenvalue weighted by atomic mass is 10.0. The Labute approximate surface area is 187 Å². The van der Waals surface area contributed by atoms with E-state index >= 15 is 0 Å². The van der Waals surface area contributed by atoms with Crippen LogP contribution in [0.15, 0.2) is 73.2 Å². The number of pyridine rings is 3. The van der Waals surface area contributed by atoms with Crippen LogP contribution in [-0.2, 0) is 13.5 Å². The molecule has 3 aromatic heterocycles. The monoisotopic (exact) mass is 429 g/mol. The number of nitrogens with zero attached hydrogens (tertiary/aromatic N) is 3. The van der Waals surface area contributed by atoms with Crippen molar-refractivity contribution in [2.24, 2.45) is 7.05 Å². The Kier molecular flexibility index (Phi) is 6.23. The normalized spacial score (nSPS) is 11.9. The van der Waals surface area contributed by atoms with Crippen molar-refractivity contribution in [2.75, 3.05) is 5.32 Å². The first kappa shape index (κ1) is 21.6. The highest BCUT2D eigenvalue weighted by Crippen LogP contribution is 2.23. The van der Waals surface area contributed by atoms with Gasteiger partial charge >= 0.3 is 0 Å². The summed E-state index contributed by atoms with van der Waals surface area (Å²) in [5.41, 5.74) is 6.73. The van der Waals surface area contributed by atoms with E-state index < -0.39 is 6.23 Å². The van der Waals surface area contributed by atoms with E-state index in [0.29, 0.717) is 12.2 Å². The first-order chi connectivity index (χ1) is 15.4. The molecule has 0 saturated heterocycles. The van der Waals surface area contributed by atoms with E-state index in [1.165, 1.54) is 12.1 Å². The van der Waals surface area contributed by atoms with Gasteiger partial charge in [-0.1, -0.05) is 18.2 Å². The summed E-state index contributed by atoms with van der Waals surface area (Å²) in [6.07, 6.45) is 5.07. The fourth-order valence-corrected chi connectivity index (χ4v) is 3.64. The summed E-state index contributed by atoms with van der Waals surface area (Å²) in [7, 11) is 2.01. The van der Waals surface area contributed by atoms with E-state index in [1.807, 2.05) is 32.3 Å². The van der Waals surface area contributed by atoms with Crippen LogP contribution in [0.1, 0.15) is 16.8 Å². The molecule has 1 atom stereocenters. The molecule has 0 fully saturated rings. The third kappa shape index (κ3) is 4.98. The highest BCUT2D eigenvalue weighted by molar-refractivity contribution is 5.64. The van der Waals surface area contributed by atoms with E-state index in [9.17, 15) is 9.50 Å². The van der Waals surface area contributed by atoms with Gasteiger partial charge in [0.15, 0.2) is 11.9 Å². The van der Waals surface area contributed by atoms with Crippen molar-refractivity contribution in [1.29, 1.82) is 0 Å². The van der Waals surface area contributed by atoms with E-state index in [4.69, 9.17) is 0 Å². The Bertz CT molecular complexity index is 1240. The summed E-state index contributed by atoms with van der Waals surface area (Å²) < 4.78 is 15.5. The van der Waals surface area contributed by atoms with Crippen molar-refractivity contribution >= 4 is 5.82 Å². The maximum Gasteiger partial charge on any atom is 0.178 e. The van der Waals surface area contributed by atoms with Gasteiger partial charge in [-0.05, 0) is 47.9 Å². The first-order valence-corrected chi connectivity index (χ1v) is 10.5. The SMILES string of the molecule is Cc1cc(CC(O)Nc2ccc(-c3cccc(F)c3)cn2)cnc1-c1cc[n+](C)c(C)c1. The maximum absolute atomic E-state index is 13.4. The Morgan fingerprint density at radius 3 is 2.50 bits per heavy atom. The molecule has 1 unspecified atom stereocenters. The Morgan fingerprint density at radius 2 is 1.81 bits per heavy atom. The Balaban J connectivity index is 1.42. The molecule has 4 rings (SSSR count). The van der Waals surface area contributed by atoms with Crippen molar-refractivity contribution < 1.29 is 14.1 Å². The van der Waals surface area contributed by atoms with Crippen LogP contribution in [0.25, 0.3) is 22.4 Å². The van der Waals surface area contributed by atoms with Crippen LogP contribution in [0, 0.1) is 19.7 Å². The molecular weight excluding hydrogens is 403 g/mol. The van der Waals surface area contributed by atoms with Gasteiger partial charge in [0.25, 0.3) is 0 Å². The molecule has 1 aromatic carbocycles. The summed E-state index contributed by atoms with van der Waals surface area (Å²) >= 11 is 0. The summed E-state index contributed by atoms with van der Waals surface area (Å²) in [6, 6.07) is 16.2. The zero-order valence-corrected chi connectivity index (χ0v) is 18.4. The highest BCUT2D eigenvalue weighted by Gasteiger charge is 2.12. The van der Waals surface area contributed by atoms with Gasteiger partial charge in [-0.25, -0.2) is 13.9 Å². The van der Waals surface area contributed by atoms with Crippen LogP contribution in [0.3, 0.4) is 0 Å². The predicted octanol–water partition coefficient (Wildman–Crippen LogP) is 4.36. The lowest BCUT2D eigenvalue weighted by Gasteiger charge is -2.15. The van der Waals surface area contributed by atoms with Crippen LogP contribution >= 0.6 is 0 Å². The fourth-order valence-electron chi connectivity index (χ4n) is 3.64.